The van der Waals surface area contributed by atoms with Gasteiger partial charge in [0.05, 0.1) is 13.2 Å². The minimum absolute atomic E-state index is 0.205. The van der Waals surface area contributed by atoms with Crippen molar-refractivity contribution >= 4 is 0 Å². The van der Waals surface area contributed by atoms with E-state index in [9.17, 15) is 0 Å². The summed E-state index contributed by atoms with van der Waals surface area (Å²) in [5, 5.41) is 9.15. The van der Waals surface area contributed by atoms with Crippen LogP contribution in [-0.4, -0.2) is 18.3 Å². The highest BCUT2D eigenvalue weighted by Gasteiger charge is 2.16. The van der Waals surface area contributed by atoms with Crippen molar-refractivity contribution in [1.82, 2.24) is 0 Å². The van der Waals surface area contributed by atoms with Crippen molar-refractivity contribution in [3.8, 4) is 0 Å². The lowest BCUT2D eigenvalue weighted by molar-refractivity contribution is 0.109. The highest BCUT2D eigenvalue weighted by molar-refractivity contribution is 5.38. The maximum Gasteiger partial charge on any atom is 0.0722 e. The van der Waals surface area contributed by atoms with Gasteiger partial charge in [-0.1, -0.05) is 25.1 Å². The molecule has 2 rings (SSSR count). The van der Waals surface area contributed by atoms with Crippen LogP contribution in [0.5, 0.6) is 0 Å². The molecular weight excluding hydrogens is 176 g/mol. The van der Waals surface area contributed by atoms with E-state index in [0.29, 0.717) is 6.61 Å². The summed E-state index contributed by atoms with van der Waals surface area (Å²) in [4.78, 5) is 0. The molecule has 1 atom stereocenters. The van der Waals surface area contributed by atoms with Crippen LogP contribution in [0.25, 0.3) is 0 Å². The van der Waals surface area contributed by atoms with Gasteiger partial charge < -0.3 is 9.84 Å². The van der Waals surface area contributed by atoms with Gasteiger partial charge in [0, 0.05) is 12.5 Å². The van der Waals surface area contributed by atoms with E-state index < -0.39 is 0 Å². The van der Waals surface area contributed by atoms with Gasteiger partial charge in [-0.15, -0.1) is 0 Å². The standard InChI is InChI=1S/C12H16O2/c1-9(7-13)11-4-2-3-10-5-6-14-8-12(10)11/h2-4,9,13H,5-8H2,1H3. The topological polar surface area (TPSA) is 29.5 Å². The molecule has 0 saturated heterocycles. The zero-order valence-corrected chi connectivity index (χ0v) is 8.49. The normalized spacial score (nSPS) is 17.6. The van der Waals surface area contributed by atoms with E-state index in [4.69, 9.17) is 9.84 Å². The van der Waals surface area contributed by atoms with Gasteiger partial charge in [0.25, 0.3) is 0 Å². The molecular formula is C12H16O2. The fourth-order valence-electron chi connectivity index (χ4n) is 1.98. The maximum absolute atomic E-state index is 9.15. The number of hydrogen-bond acceptors (Lipinski definition) is 2. The number of fused-ring (bicyclic) bond motifs is 1. The molecule has 0 aliphatic carbocycles. The van der Waals surface area contributed by atoms with E-state index in [1.54, 1.807) is 0 Å². The third kappa shape index (κ3) is 1.68. The molecule has 1 aliphatic rings. The number of hydrogen-bond donors (Lipinski definition) is 1. The third-order valence-corrected chi connectivity index (χ3v) is 2.88. The van der Waals surface area contributed by atoms with Crippen LogP contribution in [0.15, 0.2) is 18.2 Å². The van der Waals surface area contributed by atoms with E-state index in [2.05, 4.69) is 18.2 Å². The quantitative estimate of drug-likeness (QED) is 0.775. The van der Waals surface area contributed by atoms with E-state index in [0.717, 1.165) is 13.0 Å². The van der Waals surface area contributed by atoms with Crippen LogP contribution >= 0.6 is 0 Å². The van der Waals surface area contributed by atoms with Crippen LogP contribution in [0.4, 0.5) is 0 Å². The SMILES string of the molecule is CC(CO)c1cccc2c1COCC2. The van der Waals surface area contributed by atoms with Gasteiger partial charge in [-0.2, -0.15) is 0 Å². The summed E-state index contributed by atoms with van der Waals surface area (Å²) in [6, 6.07) is 6.32. The number of rotatable bonds is 2. The van der Waals surface area contributed by atoms with Crippen LogP contribution in [0, 0.1) is 0 Å². The summed E-state index contributed by atoms with van der Waals surface area (Å²) in [5.74, 6) is 0.214. The largest absolute Gasteiger partial charge is 0.396 e. The summed E-state index contributed by atoms with van der Waals surface area (Å²) >= 11 is 0. The van der Waals surface area contributed by atoms with Crippen molar-refractivity contribution in [2.45, 2.75) is 25.9 Å². The second kappa shape index (κ2) is 4.11. The first-order chi connectivity index (χ1) is 6.83. The van der Waals surface area contributed by atoms with E-state index in [-0.39, 0.29) is 12.5 Å². The van der Waals surface area contributed by atoms with E-state index in [1.165, 1.54) is 16.7 Å². The molecule has 76 valence electrons. The van der Waals surface area contributed by atoms with Crippen LogP contribution < -0.4 is 0 Å². The Bertz CT molecular complexity index is 320. The number of aliphatic hydroxyl groups is 1. The second-order valence-corrected chi connectivity index (χ2v) is 3.87. The predicted octanol–water partition coefficient (Wildman–Crippen LogP) is 1.86. The molecule has 0 bridgehead atoms. The molecule has 14 heavy (non-hydrogen) atoms. The minimum Gasteiger partial charge on any atom is -0.396 e. The Hall–Kier alpha value is -0.860. The zero-order chi connectivity index (χ0) is 9.97. The molecule has 0 saturated carbocycles. The smallest absolute Gasteiger partial charge is 0.0722 e. The van der Waals surface area contributed by atoms with Crippen LogP contribution in [-0.2, 0) is 17.8 Å². The molecule has 0 spiro atoms. The Morgan fingerprint density at radius 1 is 1.50 bits per heavy atom. The molecule has 1 unspecified atom stereocenters. The van der Waals surface area contributed by atoms with Gasteiger partial charge in [-0.25, -0.2) is 0 Å². The first kappa shape index (κ1) is 9.69. The average Bonchev–Trinajstić information content (AvgIpc) is 2.27. The Kier molecular flexibility index (Phi) is 2.85. The Morgan fingerprint density at radius 2 is 2.36 bits per heavy atom. The Balaban J connectivity index is 2.39. The summed E-state index contributed by atoms with van der Waals surface area (Å²) in [6.07, 6.45) is 1.00. The lowest BCUT2D eigenvalue weighted by Gasteiger charge is -2.22. The fourth-order valence-corrected chi connectivity index (χ4v) is 1.98. The van der Waals surface area contributed by atoms with Gasteiger partial charge in [0.15, 0.2) is 0 Å². The van der Waals surface area contributed by atoms with E-state index >= 15 is 0 Å². The van der Waals surface area contributed by atoms with Crippen molar-refractivity contribution in [3.05, 3.63) is 34.9 Å². The predicted molar refractivity (Wildman–Crippen MR) is 55.3 cm³/mol. The molecule has 1 aromatic rings. The van der Waals surface area contributed by atoms with Crippen molar-refractivity contribution in [2.75, 3.05) is 13.2 Å². The summed E-state index contributed by atoms with van der Waals surface area (Å²) in [7, 11) is 0. The number of aliphatic hydroxyl groups excluding tert-OH is 1. The first-order valence-corrected chi connectivity index (χ1v) is 5.12. The Labute approximate surface area is 84.5 Å². The first-order valence-electron chi connectivity index (χ1n) is 5.12. The molecule has 1 aliphatic heterocycles. The second-order valence-electron chi connectivity index (χ2n) is 3.87. The number of benzene rings is 1. The molecule has 0 radical (unpaired) electrons. The van der Waals surface area contributed by atoms with Gasteiger partial charge in [0.1, 0.15) is 0 Å². The molecule has 0 aromatic heterocycles. The molecule has 0 fully saturated rings. The lowest BCUT2D eigenvalue weighted by Crippen LogP contribution is -2.14. The zero-order valence-electron chi connectivity index (χ0n) is 8.49. The van der Waals surface area contributed by atoms with Crippen molar-refractivity contribution in [2.24, 2.45) is 0 Å². The van der Waals surface area contributed by atoms with Crippen LogP contribution in [0.2, 0.25) is 0 Å². The van der Waals surface area contributed by atoms with Crippen molar-refractivity contribution in [3.63, 3.8) is 0 Å². The average molecular weight is 192 g/mol. The molecule has 1 N–H and O–H groups in total. The van der Waals surface area contributed by atoms with Crippen LogP contribution in [0.3, 0.4) is 0 Å². The molecule has 2 heteroatoms. The Morgan fingerprint density at radius 3 is 3.14 bits per heavy atom. The molecule has 2 nitrogen and oxygen atoms in total. The summed E-state index contributed by atoms with van der Waals surface area (Å²) in [5.41, 5.74) is 3.92. The van der Waals surface area contributed by atoms with Crippen molar-refractivity contribution in [1.29, 1.82) is 0 Å². The highest BCUT2D eigenvalue weighted by atomic mass is 16.5. The maximum atomic E-state index is 9.15. The fraction of sp³-hybridized carbons (Fsp3) is 0.500. The van der Waals surface area contributed by atoms with Crippen LogP contribution in [0.1, 0.15) is 29.5 Å². The molecule has 0 amide bonds. The van der Waals surface area contributed by atoms with Gasteiger partial charge in [-0.3, -0.25) is 0 Å². The summed E-state index contributed by atoms with van der Waals surface area (Å²) < 4.78 is 5.45. The van der Waals surface area contributed by atoms with E-state index in [1.807, 2.05) is 6.92 Å². The van der Waals surface area contributed by atoms with Gasteiger partial charge >= 0.3 is 0 Å². The molecule has 1 aromatic carbocycles. The van der Waals surface area contributed by atoms with Crippen molar-refractivity contribution < 1.29 is 9.84 Å². The highest BCUT2D eigenvalue weighted by Crippen LogP contribution is 2.26. The summed E-state index contributed by atoms with van der Waals surface area (Å²) in [6.45, 7) is 3.78. The number of ether oxygens (including phenoxy) is 1. The minimum atomic E-state index is 0.205. The monoisotopic (exact) mass is 192 g/mol. The lowest BCUT2D eigenvalue weighted by atomic mass is 9.91. The van der Waals surface area contributed by atoms with Gasteiger partial charge in [0.2, 0.25) is 0 Å². The molecule has 1 heterocycles. The third-order valence-electron chi connectivity index (χ3n) is 2.88. The van der Waals surface area contributed by atoms with Gasteiger partial charge in [-0.05, 0) is 23.1 Å².